The van der Waals surface area contributed by atoms with Crippen molar-refractivity contribution in [2.75, 3.05) is 68.2 Å². The summed E-state index contributed by atoms with van der Waals surface area (Å²) in [7, 11) is 9.27. The van der Waals surface area contributed by atoms with Gasteiger partial charge in [0.25, 0.3) is 23.6 Å². The Labute approximate surface area is 750 Å². The van der Waals surface area contributed by atoms with Gasteiger partial charge in [0, 0.05) is 48.6 Å². The number of methoxy groups -OCH3 is 5. The number of anilines is 5. The lowest BCUT2D eigenvalue weighted by molar-refractivity contribution is 0.0988. The van der Waals surface area contributed by atoms with E-state index in [1.807, 2.05) is 99.4 Å². The van der Waals surface area contributed by atoms with Crippen molar-refractivity contribution in [2.24, 2.45) is 7.05 Å². The van der Waals surface area contributed by atoms with Gasteiger partial charge >= 0.3 is 0 Å². The summed E-state index contributed by atoms with van der Waals surface area (Å²) in [6.45, 7) is 24.3. The molecule has 4 N–H and O–H groups in total. The number of hydrogen-bond acceptors (Lipinski definition) is 12. The van der Waals surface area contributed by atoms with Gasteiger partial charge in [-0.25, -0.2) is 9.19 Å². The number of carbonyl (C=O) groups is 4. The van der Waals surface area contributed by atoms with Crippen LogP contribution in [-0.4, -0.2) is 95.6 Å². The topological polar surface area (TPSA) is 218 Å². The molecule has 10 aromatic rings. The van der Waals surface area contributed by atoms with Crippen molar-refractivity contribution in [3.05, 3.63) is 253 Å². The summed E-state index contributed by atoms with van der Waals surface area (Å²) >= 11 is 0. The Morgan fingerprint density at radius 1 is 0.413 bits per heavy atom. The van der Waals surface area contributed by atoms with E-state index in [1.165, 1.54) is 169 Å². The first kappa shape index (κ1) is 95.5. The molecule has 0 fully saturated rings. The van der Waals surface area contributed by atoms with E-state index in [0.717, 1.165) is 128 Å². The van der Waals surface area contributed by atoms with Gasteiger partial charge in [-0.05, 0) is 340 Å². The predicted octanol–water partition coefficient (Wildman–Crippen LogP) is 23.1. The average molecular weight is 1730 g/mol. The molecule has 19 nitrogen and oxygen atoms in total. The highest BCUT2D eigenvalue weighted by Gasteiger charge is 2.27. The molecule has 8 aromatic carbocycles. The molecular formula is C106H137N9O10S. The minimum absolute atomic E-state index is 0.0117. The van der Waals surface area contributed by atoms with Crippen LogP contribution < -0.4 is 49.3 Å². The highest BCUT2D eigenvalue weighted by atomic mass is 32.2. The summed E-state index contributed by atoms with van der Waals surface area (Å²) < 4.78 is 47.8. The Hall–Kier alpha value is -11.1. The lowest BCUT2D eigenvalue weighted by atomic mass is 9.86. The number of benzene rings is 8. The van der Waals surface area contributed by atoms with Crippen LogP contribution in [-0.2, 0) is 104 Å². The SMILES string of the molecule is C=S(=O)(Nc1cc2c(cc1OC)CCCCC2)c1ccc(C(C)(C)C)cc1.CCn1nc(C(=O)Nc2cc3c(cc2OC)CCCCC3)cc1C.COc1cc2c(cc1N(C)C(=O)c1ccc(C(C)(C)C)cc1)CCCCC2.COc1cc2c(cc1NC(=O)c1ccc(C(C)(C)C)cc1)CCCCC2.COc1cc2c(cc1NC(=O)c1cn(C)cn1)CCCCC2. The fraction of sp³-hybridized carbons (Fsp3) is 0.443. The summed E-state index contributed by atoms with van der Waals surface area (Å²) in [6.07, 6.45) is 32.5. The zero-order chi connectivity index (χ0) is 90.6. The summed E-state index contributed by atoms with van der Waals surface area (Å²) in [4.78, 5) is 57.1. The van der Waals surface area contributed by atoms with Crippen molar-refractivity contribution in [1.29, 1.82) is 0 Å². The van der Waals surface area contributed by atoms with E-state index in [0.29, 0.717) is 33.2 Å². The number of ether oxygens (including phenoxy) is 5. The van der Waals surface area contributed by atoms with Crippen LogP contribution in [0.15, 0.2) is 157 Å². The molecule has 0 saturated carbocycles. The molecule has 5 aliphatic carbocycles. The number of rotatable bonds is 17. The van der Waals surface area contributed by atoms with E-state index in [2.05, 4.69) is 172 Å². The van der Waals surface area contributed by atoms with Crippen LogP contribution in [0, 0.1) is 6.92 Å². The maximum atomic E-state index is 13.3. The normalized spacial score (nSPS) is 14.7. The summed E-state index contributed by atoms with van der Waals surface area (Å²) in [5.74, 6) is 7.15. The van der Waals surface area contributed by atoms with Crippen molar-refractivity contribution >= 4 is 67.6 Å². The van der Waals surface area contributed by atoms with Gasteiger partial charge in [-0.3, -0.25) is 23.9 Å². The number of amides is 4. The second-order valence-corrected chi connectivity index (χ2v) is 39.3. The lowest BCUT2D eigenvalue weighted by Gasteiger charge is -2.23. The van der Waals surface area contributed by atoms with E-state index >= 15 is 0 Å². The fourth-order valence-electron chi connectivity index (χ4n) is 17.1. The van der Waals surface area contributed by atoms with Crippen LogP contribution in [0.3, 0.4) is 0 Å². The van der Waals surface area contributed by atoms with Gasteiger partial charge in [-0.15, -0.1) is 0 Å². The zero-order valence-corrected chi connectivity index (χ0v) is 79.1. The monoisotopic (exact) mass is 1730 g/mol. The first-order chi connectivity index (χ1) is 60.2. The average Bonchev–Trinajstić information content (AvgIpc) is 1.22. The number of hydrogen-bond donors (Lipinski definition) is 4. The predicted molar refractivity (Wildman–Crippen MR) is 516 cm³/mol. The molecule has 0 radical (unpaired) electrons. The third kappa shape index (κ3) is 25.2. The molecule has 126 heavy (non-hydrogen) atoms. The standard InChI is InChI=1S/C24H31NO2.C23H31NO2S.C23H29NO2.C19H25N3O2.C17H21N3O2/c1-24(2,3)20-13-11-17(12-14-20)23(26)25(4)21-15-18-9-7-6-8-10-19(18)16-22(21)27-5;1-23(2,3)19-11-13-20(14-12-19)27(5,25)24-21-15-17-9-7-6-8-10-18(17)16-22(21)26-4;1-23(2,3)19-12-10-16(11-13-19)22(25)24-20-14-17-8-6-5-7-9-18(17)15-21(20)26-4;1-4-22-13(2)10-17(21-22)19(23)20-16-11-14-8-6-5-7-9-15(14)12-18(16)24-3;1-20-10-15(18-11-20)17(21)19-14-8-12-6-4-3-5-7-13(12)9-16(14)22-2/h11-16H,6-10H2,1-5H3;11-16H,5-10H2,1-4H3,(H,24,25);10-15H,5-9H2,1-4H3,(H,24,25);10-12H,4-9H2,1-3H3,(H,20,23);8-11H,3-7H2,1-2H3,(H,19,21). The van der Waals surface area contributed by atoms with E-state index in [1.54, 1.807) is 57.5 Å². The van der Waals surface area contributed by atoms with E-state index in [9.17, 15) is 23.4 Å². The molecule has 0 aliphatic heterocycles. The smallest absolute Gasteiger partial charge is 0.276 e. The van der Waals surface area contributed by atoms with Crippen LogP contribution in [0.4, 0.5) is 28.4 Å². The minimum atomic E-state index is -2.67. The van der Waals surface area contributed by atoms with Gasteiger partial charge < -0.3 is 53.8 Å². The molecule has 1 atom stereocenters. The fourth-order valence-corrected chi connectivity index (χ4v) is 18.4. The third-order valence-corrected chi connectivity index (χ3v) is 26.4. The van der Waals surface area contributed by atoms with Crippen molar-refractivity contribution in [2.45, 2.75) is 264 Å². The maximum Gasteiger partial charge on any atom is 0.276 e. The molecule has 2 aromatic heterocycles. The quantitative estimate of drug-likeness (QED) is 0.0494. The zero-order valence-electron chi connectivity index (χ0n) is 78.3. The van der Waals surface area contributed by atoms with Crippen LogP contribution >= 0.6 is 0 Å². The number of aryl methyl sites for hydroxylation is 13. The Morgan fingerprint density at radius 3 is 1.06 bits per heavy atom. The van der Waals surface area contributed by atoms with Gasteiger partial charge in [-0.1, -0.05) is 131 Å². The highest BCUT2D eigenvalue weighted by Crippen LogP contribution is 2.40. The van der Waals surface area contributed by atoms with Crippen LogP contribution in [0.5, 0.6) is 28.7 Å². The van der Waals surface area contributed by atoms with E-state index in [-0.39, 0.29) is 39.9 Å². The molecule has 20 heteroatoms. The first-order valence-electron chi connectivity index (χ1n) is 45.4. The molecule has 15 rings (SSSR count). The molecule has 0 saturated heterocycles. The Morgan fingerprint density at radius 2 is 0.722 bits per heavy atom. The van der Waals surface area contributed by atoms with Gasteiger partial charge in [0.05, 0.1) is 80.0 Å². The summed E-state index contributed by atoms with van der Waals surface area (Å²) in [5.41, 5.74) is 24.3. The first-order valence-corrected chi connectivity index (χ1v) is 47.1. The molecule has 4 amide bonds. The Kier molecular flexibility index (Phi) is 32.9. The second kappa shape index (κ2) is 43.4. The van der Waals surface area contributed by atoms with Crippen LogP contribution in [0.1, 0.15) is 285 Å². The van der Waals surface area contributed by atoms with Crippen molar-refractivity contribution in [3.8, 4) is 28.7 Å². The van der Waals surface area contributed by atoms with Crippen molar-refractivity contribution in [3.63, 3.8) is 0 Å². The summed E-state index contributed by atoms with van der Waals surface area (Å²) in [5, 5.41) is 13.3. The van der Waals surface area contributed by atoms with Crippen molar-refractivity contribution < 1.29 is 47.1 Å². The van der Waals surface area contributed by atoms with E-state index in [4.69, 9.17) is 23.7 Å². The van der Waals surface area contributed by atoms with Gasteiger partial charge in [-0.2, -0.15) is 5.10 Å². The number of nitrogens with one attached hydrogen (secondary N) is 4. The van der Waals surface area contributed by atoms with Crippen LogP contribution in [0.25, 0.3) is 0 Å². The third-order valence-electron chi connectivity index (χ3n) is 24.8. The van der Waals surface area contributed by atoms with Gasteiger partial charge in [0.15, 0.2) is 5.69 Å². The number of imidazole rings is 1. The lowest BCUT2D eigenvalue weighted by Crippen LogP contribution is -2.27. The van der Waals surface area contributed by atoms with Gasteiger partial charge in [0.2, 0.25) is 0 Å². The largest absolute Gasteiger partial charge is 0.495 e. The number of nitrogens with zero attached hydrogens (tertiary/aromatic N) is 5. The number of carbonyl (C=O) groups excluding carboxylic acids is 4. The molecule has 0 bridgehead atoms. The minimum Gasteiger partial charge on any atom is -0.495 e. The number of aromatic nitrogens is 4. The Balaban J connectivity index is 0.000000153. The van der Waals surface area contributed by atoms with Crippen molar-refractivity contribution in [1.82, 2.24) is 19.3 Å². The molecule has 5 aliphatic rings. The molecule has 672 valence electrons. The molecular weight excluding hydrogens is 1590 g/mol. The van der Waals surface area contributed by atoms with Crippen LogP contribution in [0.2, 0.25) is 0 Å². The van der Waals surface area contributed by atoms with E-state index < -0.39 is 9.71 Å². The molecule has 1 unspecified atom stereocenters. The molecule has 2 heterocycles. The Bertz CT molecular complexity index is 5530. The van der Waals surface area contributed by atoms with Gasteiger partial charge in [0.1, 0.15) is 34.4 Å². The summed E-state index contributed by atoms with van der Waals surface area (Å²) in [6, 6.07) is 46.5. The number of fused-ring (bicyclic) bond motifs is 5. The second-order valence-electron chi connectivity index (χ2n) is 37.2. The maximum absolute atomic E-state index is 13.3. The highest BCUT2D eigenvalue weighted by molar-refractivity contribution is 8.01. The molecule has 0 spiro atoms.